The Morgan fingerprint density at radius 3 is 2.56 bits per heavy atom. The van der Waals surface area contributed by atoms with E-state index >= 15 is 0 Å². The van der Waals surface area contributed by atoms with Crippen molar-refractivity contribution in [2.75, 3.05) is 5.75 Å². The van der Waals surface area contributed by atoms with Crippen molar-refractivity contribution in [3.05, 3.63) is 38.9 Å². The van der Waals surface area contributed by atoms with Crippen molar-refractivity contribution in [3.8, 4) is 0 Å². The molecule has 1 aromatic carbocycles. The molecule has 18 heavy (non-hydrogen) atoms. The van der Waals surface area contributed by atoms with Crippen molar-refractivity contribution >= 4 is 33.1 Å². The van der Waals surface area contributed by atoms with Gasteiger partial charge in [-0.15, -0.1) is 0 Å². The van der Waals surface area contributed by atoms with Gasteiger partial charge in [0.25, 0.3) is 5.69 Å². The molecule has 9 heteroatoms. The molecule has 0 aliphatic carbocycles. The second kappa shape index (κ2) is 5.32. The third-order valence-corrected chi connectivity index (χ3v) is 3.72. The van der Waals surface area contributed by atoms with Crippen molar-refractivity contribution in [3.63, 3.8) is 0 Å². The molecular formula is C9H8ClNO6S. The quantitative estimate of drug-likeness (QED) is 0.645. The zero-order valence-electron chi connectivity index (χ0n) is 8.87. The first-order valence-electron chi connectivity index (χ1n) is 4.56. The molecule has 0 heterocycles. The number of carboxylic acid groups (broad SMARTS) is 1. The van der Waals surface area contributed by atoms with Crippen molar-refractivity contribution in [1.29, 1.82) is 0 Å². The zero-order chi connectivity index (χ0) is 13.9. The van der Waals surface area contributed by atoms with Crippen LogP contribution < -0.4 is 0 Å². The molecule has 0 aliphatic rings. The van der Waals surface area contributed by atoms with E-state index in [0.29, 0.717) is 0 Å². The molecule has 7 nitrogen and oxygen atoms in total. The fourth-order valence-corrected chi connectivity index (χ4v) is 2.63. The number of halogens is 1. The highest BCUT2D eigenvalue weighted by molar-refractivity contribution is 7.91. The monoisotopic (exact) mass is 293 g/mol. The number of hydrogen-bond acceptors (Lipinski definition) is 5. The molecule has 0 bridgehead atoms. The lowest BCUT2D eigenvalue weighted by atomic mass is 10.2. The molecule has 0 saturated heterocycles. The first kappa shape index (κ1) is 14.4. The van der Waals surface area contributed by atoms with E-state index in [9.17, 15) is 23.3 Å². The van der Waals surface area contributed by atoms with Crippen molar-refractivity contribution in [1.82, 2.24) is 0 Å². The lowest BCUT2D eigenvalue weighted by molar-refractivity contribution is -0.384. The van der Waals surface area contributed by atoms with E-state index in [1.807, 2.05) is 0 Å². The van der Waals surface area contributed by atoms with Crippen LogP contribution in [0.5, 0.6) is 0 Å². The summed E-state index contributed by atoms with van der Waals surface area (Å²) in [6.07, 6.45) is 0. The Kier molecular flexibility index (Phi) is 4.25. The highest BCUT2D eigenvalue weighted by Gasteiger charge is 2.19. The molecule has 0 fully saturated rings. The lowest BCUT2D eigenvalue weighted by Crippen LogP contribution is -2.17. The Balaban J connectivity index is 3.03. The first-order valence-corrected chi connectivity index (χ1v) is 6.76. The van der Waals surface area contributed by atoms with E-state index in [0.717, 1.165) is 6.07 Å². The predicted octanol–water partition coefficient (Wildman–Crippen LogP) is 1.25. The van der Waals surface area contributed by atoms with Gasteiger partial charge in [0.05, 0.1) is 10.7 Å². The molecule has 0 aromatic heterocycles. The molecule has 1 aromatic rings. The third kappa shape index (κ3) is 3.97. The number of carbonyl (C=O) groups is 1. The number of carboxylic acids is 1. The molecule has 1 N–H and O–H groups in total. The van der Waals surface area contributed by atoms with E-state index in [1.165, 1.54) is 12.1 Å². The molecule has 1 rings (SSSR count). The lowest BCUT2D eigenvalue weighted by Gasteiger charge is -2.03. The first-order chi connectivity index (χ1) is 8.21. The predicted molar refractivity (Wildman–Crippen MR) is 63.2 cm³/mol. The molecule has 0 spiro atoms. The fraction of sp³-hybridized carbons (Fsp3) is 0.222. The molecular weight excluding hydrogens is 286 g/mol. The minimum Gasteiger partial charge on any atom is -0.480 e. The molecule has 98 valence electrons. The smallest absolute Gasteiger partial charge is 0.318 e. The zero-order valence-corrected chi connectivity index (χ0v) is 10.4. The van der Waals surface area contributed by atoms with Crippen LogP contribution in [0.1, 0.15) is 5.56 Å². The van der Waals surface area contributed by atoms with Crippen LogP contribution in [0.4, 0.5) is 5.69 Å². The molecule has 0 radical (unpaired) electrons. The second-order valence-corrected chi connectivity index (χ2v) is 5.94. The summed E-state index contributed by atoms with van der Waals surface area (Å²) in [6, 6.07) is 3.52. The Bertz CT molecular complexity index is 597. The maximum Gasteiger partial charge on any atom is 0.318 e. The summed E-state index contributed by atoms with van der Waals surface area (Å²) < 4.78 is 22.8. The van der Waals surface area contributed by atoms with Crippen molar-refractivity contribution in [2.45, 2.75) is 5.75 Å². The van der Waals surface area contributed by atoms with Crippen LogP contribution in [0.15, 0.2) is 18.2 Å². The van der Waals surface area contributed by atoms with E-state index in [-0.39, 0.29) is 10.6 Å². The summed E-state index contributed by atoms with van der Waals surface area (Å²) in [6.45, 7) is 0. The van der Waals surface area contributed by atoms with E-state index in [2.05, 4.69) is 0 Å². The molecule has 0 unspecified atom stereocenters. The van der Waals surface area contributed by atoms with Gasteiger partial charge in [-0.25, -0.2) is 8.42 Å². The SMILES string of the molecule is O=C(O)CS(=O)(=O)Cc1ccc(Cl)c([N+](=O)[O-])c1. The van der Waals surface area contributed by atoms with Gasteiger partial charge in [-0.3, -0.25) is 14.9 Å². The molecule has 0 aliphatic heterocycles. The highest BCUT2D eigenvalue weighted by atomic mass is 35.5. The number of aliphatic carboxylic acids is 1. The van der Waals surface area contributed by atoms with E-state index in [1.54, 1.807) is 0 Å². The summed E-state index contributed by atoms with van der Waals surface area (Å²) in [5, 5.41) is 18.9. The highest BCUT2D eigenvalue weighted by Crippen LogP contribution is 2.25. The van der Waals surface area contributed by atoms with Gasteiger partial charge >= 0.3 is 5.97 Å². The summed E-state index contributed by atoms with van der Waals surface area (Å²) >= 11 is 5.56. The Morgan fingerprint density at radius 1 is 1.44 bits per heavy atom. The Labute approximate surface area is 107 Å². The normalized spacial score (nSPS) is 11.2. The van der Waals surface area contributed by atoms with Crippen molar-refractivity contribution < 1.29 is 23.2 Å². The van der Waals surface area contributed by atoms with Gasteiger partial charge in [-0.2, -0.15) is 0 Å². The second-order valence-electron chi connectivity index (χ2n) is 3.47. The number of hydrogen-bond donors (Lipinski definition) is 1. The average molecular weight is 294 g/mol. The number of nitrogens with zero attached hydrogens (tertiary/aromatic N) is 1. The van der Waals surface area contributed by atoms with E-state index < -0.39 is 37.9 Å². The standard InChI is InChI=1S/C9H8ClNO6S/c10-7-2-1-6(3-8(7)11(14)15)4-18(16,17)5-9(12)13/h1-3H,4-5H2,(H,12,13). The number of rotatable bonds is 5. The van der Waals surface area contributed by atoms with Crippen LogP contribution in [0, 0.1) is 10.1 Å². The minimum absolute atomic E-state index is 0.112. The summed E-state index contributed by atoms with van der Waals surface area (Å²) in [5.41, 5.74) is -0.299. The third-order valence-electron chi connectivity index (χ3n) is 1.94. The number of benzene rings is 1. The number of sulfone groups is 1. The maximum absolute atomic E-state index is 11.4. The van der Waals surface area contributed by atoms with Gasteiger partial charge in [-0.1, -0.05) is 17.7 Å². The van der Waals surface area contributed by atoms with Gasteiger partial charge in [0.2, 0.25) is 0 Å². The van der Waals surface area contributed by atoms with E-state index in [4.69, 9.17) is 16.7 Å². The molecule has 0 amide bonds. The summed E-state index contributed by atoms with van der Waals surface area (Å²) in [7, 11) is -3.85. The largest absolute Gasteiger partial charge is 0.480 e. The van der Waals surface area contributed by atoms with Gasteiger partial charge in [0.15, 0.2) is 9.84 Å². The Hall–Kier alpha value is -1.67. The number of nitro groups is 1. The molecule has 0 atom stereocenters. The summed E-state index contributed by atoms with van der Waals surface area (Å²) in [4.78, 5) is 20.2. The Morgan fingerprint density at radius 2 is 2.06 bits per heavy atom. The topological polar surface area (TPSA) is 115 Å². The molecule has 0 saturated carbocycles. The van der Waals surface area contributed by atoms with Crippen LogP contribution in [0.2, 0.25) is 5.02 Å². The van der Waals surface area contributed by atoms with Crippen LogP contribution >= 0.6 is 11.6 Å². The van der Waals surface area contributed by atoms with Gasteiger partial charge in [-0.05, 0) is 11.6 Å². The summed E-state index contributed by atoms with van der Waals surface area (Å²) in [5.74, 6) is -3.08. The average Bonchev–Trinajstić information content (AvgIpc) is 2.18. The minimum atomic E-state index is -3.85. The van der Waals surface area contributed by atoms with Crippen molar-refractivity contribution in [2.24, 2.45) is 0 Å². The van der Waals surface area contributed by atoms with Crippen LogP contribution in [-0.4, -0.2) is 30.2 Å². The van der Waals surface area contributed by atoms with Gasteiger partial charge in [0, 0.05) is 6.07 Å². The van der Waals surface area contributed by atoms with Crippen LogP contribution in [-0.2, 0) is 20.4 Å². The van der Waals surface area contributed by atoms with Crippen LogP contribution in [0.25, 0.3) is 0 Å². The van der Waals surface area contributed by atoms with Gasteiger partial charge in [0.1, 0.15) is 10.8 Å². The fourth-order valence-electron chi connectivity index (χ4n) is 1.28. The van der Waals surface area contributed by atoms with Gasteiger partial charge < -0.3 is 5.11 Å². The maximum atomic E-state index is 11.4. The number of nitro benzene ring substituents is 1. The van der Waals surface area contributed by atoms with Crippen LogP contribution in [0.3, 0.4) is 0 Å².